The fourth-order valence-electron chi connectivity index (χ4n) is 0.0146. The Kier molecular flexibility index (Phi) is 8.76. The number of hydrogen-bond donors (Lipinski definition) is 0. The Balaban J connectivity index is 2.19. The van der Waals surface area contributed by atoms with Crippen LogP contribution in [0.2, 0.25) is 0 Å². The summed E-state index contributed by atoms with van der Waals surface area (Å²) in [7, 11) is 10.4. The summed E-state index contributed by atoms with van der Waals surface area (Å²) < 4.78 is 4.70. The molecular weight excluding hydrogens is 324 g/mol. The van der Waals surface area contributed by atoms with Gasteiger partial charge in [0.15, 0.2) is 0 Å². The molecule has 0 rings (SSSR count). The fraction of sp³-hybridized carbons (Fsp3) is 0. The summed E-state index contributed by atoms with van der Waals surface area (Å²) >= 11 is -1.76. The molecule has 0 aliphatic rings. The minimum absolute atomic E-state index is 0.878. The Hall–Kier alpha value is 2.14. The summed E-state index contributed by atoms with van der Waals surface area (Å²) in [5.74, 6) is 0. The van der Waals surface area contributed by atoms with Gasteiger partial charge in [-0.2, -0.15) is 0 Å². The van der Waals surface area contributed by atoms with E-state index in [0.29, 0.717) is 0 Å². The van der Waals surface area contributed by atoms with Crippen LogP contribution in [-0.2, 0) is 1.41 Å². The predicted molar refractivity (Wildman–Crippen MR) is 24.3 cm³/mol. The molecule has 0 fully saturated rings. The van der Waals surface area contributed by atoms with E-state index in [0.717, 1.165) is 0 Å². The van der Waals surface area contributed by atoms with E-state index >= 15 is 0 Å². The van der Waals surface area contributed by atoms with Gasteiger partial charge in [0.1, 0.15) is 0 Å². The maximum absolute atomic E-state index is 5.21. The molecule has 0 aromatic heterocycles. The SMILES string of the molecule is [Cl][Sn][O][Sn][Cl]. The predicted octanol–water partition coefficient (Wildman–Crippen LogP) is 0.549. The Bertz CT molecular complexity index is 15.1. The average molecular weight is 324 g/mol. The first kappa shape index (κ1) is 7.14. The molecule has 0 aromatic rings. The van der Waals surface area contributed by atoms with Crippen molar-refractivity contribution in [3.05, 3.63) is 0 Å². The van der Waals surface area contributed by atoms with Crippen LogP contribution in [0, 0.1) is 0 Å². The monoisotopic (exact) mass is 326 g/mol. The maximum atomic E-state index is 5.21. The first-order valence-electron chi connectivity index (χ1n) is 0.786. The van der Waals surface area contributed by atoms with Crippen molar-refractivity contribution in [3.8, 4) is 0 Å². The van der Waals surface area contributed by atoms with Gasteiger partial charge < -0.3 is 0 Å². The van der Waals surface area contributed by atoms with Gasteiger partial charge in [0.25, 0.3) is 0 Å². The van der Waals surface area contributed by atoms with Crippen molar-refractivity contribution in [2.45, 2.75) is 0 Å². The molecule has 0 bridgehead atoms. The molecule has 0 unspecified atom stereocenters. The molecule has 0 atom stereocenters. The number of halogens is 2. The Morgan fingerprint density at radius 2 is 1.60 bits per heavy atom. The van der Waals surface area contributed by atoms with Gasteiger partial charge in [0.2, 0.25) is 0 Å². The first-order chi connectivity index (χ1) is 2.41. The van der Waals surface area contributed by atoms with Crippen molar-refractivity contribution >= 4 is 58.7 Å². The third-order valence-electron chi connectivity index (χ3n) is 0.0772. The number of hydrogen-bond acceptors (Lipinski definition) is 1. The van der Waals surface area contributed by atoms with Crippen molar-refractivity contribution in [1.29, 1.82) is 0 Å². The third-order valence-corrected chi connectivity index (χ3v) is 10.4. The van der Waals surface area contributed by atoms with Crippen LogP contribution in [-0.4, -0.2) is 40.9 Å². The van der Waals surface area contributed by atoms with E-state index in [9.17, 15) is 0 Å². The van der Waals surface area contributed by atoms with E-state index in [1.165, 1.54) is 0 Å². The van der Waals surface area contributed by atoms with Crippen LogP contribution in [0.25, 0.3) is 0 Å². The minimum atomic E-state index is -0.878. The van der Waals surface area contributed by atoms with Crippen molar-refractivity contribution in [2.75, 3.05) is 0 Å². The molecule has 0 N–H and O–H groups in total. The Labute approximate surface area is 59.3 Å². The van der Waals surface area contributed by atoms with E-state index in [4.69, 9.17) is 19.3 Å². The van der Waals surface area contributed by atoms with Crippen molar-refractivity contribution < 1.29 is 1.41 Å². The molecule has 0 spiro atoms. The molecule has 0 aliphatic heterocycles. The van der Waals surface area contributed by atoms with Gasteiger partial charge in [-0.05, 0) is 0 Å². The molecule has 0 saturated heterocycles. The van der Waals surface area contributed by atoms with Gasteiger partial charge in [-0.3, -0.25) is 0 Å². The van der Waals surface area contributed by atoms with Crippen LogP contribution in [0.5, 0.6) is 0 Å². The van der Waals surface area contributed by atoms with Crippen molar-refractivity contribution in [3.63, 3.8) is 0 Å². The second-order valence-electron chi connectivity index (χ2n) is 0.256. The summed E-state index contributed by atoms with van der Waals surface area (Å²) in [6.07, 6.45) is 0. The van der Waals surface area contributed by atoms with Crippen LogP contribution in [0.4, 0.5) is 0 Å². The first-order valence-corrected chi connectivity index (χ1v) is 10.3. The molecule has 0 amide bonds. The zero-order valence-electron chi connectivity index (χ0n) is 2.16. The third kappa shape index (κ3) is 6.14. The zero-order valence-corrected chi connectivity index (χ0v) is 9.38. The van der Waals surface area contributed by atoms with Gasteiger partial charge in [0, 0.05) is 0 Å². The van der Waals surface area contributed by atoms with E-state index in [1.807, 2.05) is 0 Å². The van der Waals surface area contributed by atoms with Gasteiger partial charge in [-0.1, -0.05) is 0 Å². The summed E-state index contributed by atoms with van der Waals surface area (Å²) in [5.41, 5.74) is 0. The molecule has 0 heterocycles. The Morgan fingerprint density at radius 1 is 1.20 bits per heavy atom. The molecule has 28 valence electrons. The summed E-state index contributed by atoms with van der Waals surface area (Å²) in [6.45, 7) is 0. The summed E-state index contributed by atoms with van der Waals surface area (Å²) in [6, 6.07) is 0. The van der Waals surface area contributed by atoms with Crippen LogP contribution >= 0.6 is 17.8 Å². The van der Waals surface area contributed by atoms with Crippen LogP contribution in [0.1, 0.15) is 0 Å². The molecule has 4 radical (unpaired) electrons. The molecule has 0 saturated carbocycles. The van der Waals surface area contributed by atoms with Crippen LogP contribution < -0.4 is 0 Å². The van der Waals surface area contributed by atoms with Crippen LogP contribution in [0.15, 0.2) is 0 Å². The summed E-state index contributed by atoms with van der Waals surface area (Å²) in [4.78, 5) is 0. The molecule has 1 nitrogen and oxygen atoms in total. The van der Waals surface area contributed by atoms with Crippen LogP contribution in [0.3, 0.4) is 0 Å². The van der Waals surface area contributed by atoms with Gasteiger partial charge in [-0.15, -0.1) is 0 Å². The molecule has 5 heavy (non-hydrogen) atoms. The van der Waals surface area contributed by atoms with E-state index in [2.05, 4.69) is 0 Å². The van der Waals surface area contributed by atoms with E-state index in [-0.39, 0.29) is 0 Å². The van der Waals surface area contributed by atoms with Crippen molar-refractivity contribution in [1.82, 2.24) is 0 Å². The Morgan fingerprint density at radius 3 is 1.60 bits per heavy atom. The standard InChI is InChI=1S/2ClH.O.2Sn/h2*1H;;;/q;;;2*+1/p-2. The number of rotatable bonds is 2. The van der Waals surface area contributed by atoms with E-state index in [1.54, 1.807) is 0 Å². The van der Waals surface area contributed by atoms with Crippen molar-refractivity contribution in [2.24, 2.45) is 0 Å². The zero-order chi connectivity index (χ0) is 4.12. The van der Waals surface area contributed by atoms with Gasteiger partial charge in [-0.25, -0.2) is 0 Å². The quantitative estimate of drug-likeness (QED) is 0.674. The van der Waals surface area contributed by atoms with Gasteiger partial charge in [0.05, 0.1) is 0 Å². The average Bonchev–Trinajstić information content (AvgIpc) is 1.41. The molecular formula is Cl2OSn2. The van der Waals surface area contributed by atoms with Gasteiger partial charge >= 0.3 is 60.1 Å². The van der Waals surface area contributed by atoms with E-state index < -0.39 is 40.9 Å². The molecule has 0 aromatic carbocycles. The molecule has 0 aliphatic carbocycles. The second-order valence-corrected chi connectivity index (χ2v) is 7.70. The molecule has 5 heteroatoms. The summed E-state index contributed by atoms with van der Waals surface area (Å²) in [5, 5.41) is 0. The fourth-order valence-corrected chi connectivity index (χ4v) is 5.91. The normalized spacial score (nSPS) is 8.40. The topological polar surface area (TPSA) is 9.23 Å². The second kappa shape index (κ2) is 6.14.